The van der Waals surface area contributed by atoms with Gasteiger partial charge in [0.15, 0.2) is 0 Å². The van der Waals surface area contributed by atoms with Crippen LogP contribution in [0.2, 0.25) is 0 Å². The molecule has 0 bridgehead atoms. The van der Waals surface area contributed by atoms with Crippen molar-refractivity contribution in [2.24, 2.45) is 0 Å². The van der Waals surface area contributed by atoms with E-state index in [2.05, 4.69) is 0 Å². The number of hydrogen-bond donors (Lipinski definition) is 2. The van der Waals surface area contributed by atoms with Gasteiger partial charge in [-0.1, -0.05) is 12.1 Å². The smallest absolute Gasteiger partial charge is 0.400 e. The van der Waals surface area contributed by atoms with Gasteiger partial charge in [-0.15, -0.1) is 0 Å². The summed E-state index contributed by atoms with van der Waals surface area (Å²) in [4.78, 5) is 0. The van der Waals surface area contributed by atoms with Gasteiger partial charge in [0, 0.05) is 5.69 Å². The molecular formula is C16H21BF3NO3. The maximum absolute atomic E-state index is 12.7. The van der Waals surface area contributed by atoms with Crippen molar-refractivity contribution >= 4 is 18.9 Å². The normalized spacial score (nSPS) is 20.5. The second kappa shape index (κ2) is 6.09. The van der Waals surface area contributed by atoms with Crippen LogP contribution in [-0.2, 0) is 15.5 Å². The van der Waals surface area contributed by atoms with Crippen molar-refractivity contribution < 1.29 is 27.6 Å². The molecule has 1 fully saturated rings. The number of hydrogen-bond acceptors (Lipinski definition) is 4. The molecule has 0 amide bonds. The van der Waals surface area contributed by atoms with Crippen LogP contribution in [0.1, 0.15) is 38.8 Å². The molecule has 0 spiro atoms. The fourth-order valence-corrected chi connectivity index (χ4v) is 2.26. The number of benzene rings is 1. The zero-order valence-corrected chi connectivity index (χ0v) is 14.1. The zero-order chi connectivity index (χ0) is 18.3. The van der Waals surface area contributed by atoms with E-state index in [4.69, 9.17) is 15.0 Å². The largest absolute Gasteiger partial charge is 0.492 e. The standard InChI is InChI=1S/C16H21BF3NO3/c1-14(2)15(3,4)24-17(23-14)12(9-22)7-10-5-6-11(8-13(10)21)16(18,19)20/h5-8,22H,9,21H2,1-4H3. The number of aliphatic hydroxyl groups excluding tert-OH is 1. The Labute approximate surface area is 139 Å². The van der Waals surface area contributed by atoms with Crippen LogP contribution in [0, 0.1) is 0 Å². The molecule has 4 nitrogen and oxygen atoms in total. The van der Waals surface area contributed by atoms with E-state index in [1.54, 1.807) is 0 Å². The van der Waals surface area contributed by atoms with Gasteiger partial charge >= 0.3 is 13.3 Å². The van der Waals surface area contributed by atoms with Gasteiger partial charge in [-0.25, -0.2) is 0 Å². The Bertz CT molecular complexity index is 640. The van der Waals surface area contributed by atoms with Crippen LogP contribution < -0.4 is 5.73 Å². The summed E-state index contributed by atoms with van der Waals surface area (Å²) >= 11 is 0. The minimum Gasteiger partial charge on any atom is -0.400 e. The third-order valence-corrected chi connectivity index (χ3v) is 4.49. The lowest BCUT2D eigenvalue weighted by Crippen LogP contribution is -2.41. The van der Waals surface area contributed by atoms with Crippen LogP contribution in [0.4, 0.5) is 18.9 Å². The first-order valence-electron chi connectivity index (χ1n) is 7.51. The van der Waals surface area contributed by atoms with E-state index in [-0.39, 0.29) is 12.3 Å². The molecule has 1 aliphatic heterocycles. The number of alkyl halides is 3. The third kappa shape index (κ3) is 3.60. The number of aliphatic hydroxyl groups is 1. The Morgan fingerprint density at radius 3 is 2.17 bits per heavy atom. The van der Waals surface area contributed by atoms with Crippen molar-refractivity contribution in [2.45, 2.75) is 45.1 Å². The molecule has 2 rings (SSSR count). The highest BCUT2D eigenvalue weighted by Gasteiger charge is 2.52. The summed E-state index contributed by atoms with van der Waals surface area (Å²) in [6.07, 6.45) is -2.96. The summed E-state index contributed by atoms with van der Waals surface area (Å²) in [7, 11) is -0.790. The van der Waals surface area contributed by atoms with Gasteiger partial charge in [-0.05, 0) is 50.9 Å². The second-order valence-electron chi connectivity index (χ2n) is 6.81. The molecule has 1 aromatic rings. The first-order chi connectivity index (χ1) is 10.9. The highest BCUT2D eigenvalue weighted by molar-refractivity contribution is 6.55. The van der Waals surface area contributed by atoms with E-state index in [9.17, 15) is 18.3 Å². The van der Waals surface area contributed by atoms with Crippen molar-refractivity contribution in [3.05, 3.63) is 34.8 Å². The van der Waals surface area contributed by atoms with Gasteiger partial charge in [0.1, 0.15) is 0 Å². The van der Waals surface area contributed by atoms with Gasteiger partial charge in [0.05, 0.1) is 23.4 Å². The van der Waals surface area contributed by atoms with Gasteiger partial charge in [-0.3, -0.25) is 0 Å². The highest BCUT2D eigenvalue weighted by Crippen LogP contribution is 2.39. The number of rotatable bonds is 3. The lowest BCUT2D eigenvalue weighted by molar-refractivity contribution is -0.137. The number of nitrogens with two attached hydrogens (primary N) is 1. The van der Waals surface area contributed by atoms with E-state index < -0.39 is 30.1 Å². The monoisotopic (exact) mass is 343 g/mol. The molecule has 0 atom stereocenters. The van der Waals surface area contributed by atoms with E-state index in [1.807, 2.05) is 27.7 Å². The summed E-state index contributed by atoms with van der Waals surface area (Å²) in [5, 5.41) is 9.61. The third-order valence-electron chi connectivity index (χ3n) is 4.49. The second-order valence-corrected chi connectivity index (χ2v) is 6.81. The molecule has 0 aliphatic carbocycles. The molecule has 3 N–H and O–H groups in total. The van der Waals surface area contributed by atoms with Gasteiger partial charge in [-0.2, -0.15) is 13.2 Å². The molecule has 0 saturated carbocycles. The van der Waals surface area contributed by atoms with E-state index in [0.717, 1.165) is 12.1 Å². The van der Waals surface area contributed by atoms with E-state index in [0.29, 0.717) is 11.0 Å². The van der Waals surface area contributed by atoms with Crippen LogP contribution in [0.5, 0.6) is 0 Å². The predicted molar refractivity (Wildman–Crippen MR) is 87.0 cm³/mol. The van der Waals surface area contributed by atoms with Crippen LogP contribution in [0.25, 0.3) is 6.08 Å². The van der Waals surface area contributed by atoms with Crippen LogP contribution >= 0.6 is 0 Å². The molecule has 0 aromatic heterocycles. The van der Waals surface area contributed by atoms with E-state index in [1.165, 1.54) is 12.1 Å². The zero-order valence-electron chi connectivity index (χ0n) is 14.1. The van der Waals surface area contributed by atoms with Crippen LogP contribution in [0.15, 0.2) is 23.7 Å². The average molecular weight is 343 g/mol. The molecule has 1 saturated heterocycles. The number of anilines is 1. The van der Waals surface area contributed by atoms with Crippen molar-refractivity contribution in [3.8, 4) is 0 Å². The Balaban J connectivity index is 2.32. The molecule has 0 unspecified atom stereocenters. The molecule has 0 radical (unpaired) electrons. The Kier molecular flexibility index (Phi) is 4.78. The summed E-state index contributed by atoms with van der Waals surface area (Å²) in [5.74, 6) is 0. The predicted octanol–water partition coefficient (Wildman–Crippen LogP) is 3.29. The van der Waals surface area contributed by atoms with Crippen molar-refractivity contribution in [1.82, 2.24) is 0 Å². The Morgan fingerprint density at radius 1 is 1.21 bits per heavy atom. The minimum atomic E-state index is -4.46. The quantitative estimate of drug-likeness (QED) is 0.653. The molecule has 1 aromatic carbocycles. The van der Waals surface area contributed by atoms with Gasteiger partial charge in [0.25, 0.3) is 0 Å². The SMILES string of the molecule is CC1(C)OB(C(=Cc2ccc(C(F)(F)F)cc2N)CO)OC1(C)C. The fourth-order valence-electron chi connectivity index (χ4n) is 2.26. The Morgan fingerprint density at radius 2 is 1.75 bits per heavy atom. The maximum atomic E-state index is 12.7. The molecule has 8 heteroatoms. The highest BCUT2D eigenvalue weighted by atomic mass is 19.4. The van der Waals surface area contributed by atoms with Gasteiger partial charge in [0.2, 0.25) is 0 Å². The summed E-state index contributed by atoms with van der Waals surface area (Å²) in [6, 6.07) is 3.07. The topological polar surface area (TPSA) is 64.7 Å². The summed E-state index contributed by atoms with van der Waals surface area (Å²) in [6.45, 7) is 7.11. The van der Waals surface area contributed by atoms with Crippen LogP contribution in [-0.4, -0.2) is 30.0 Å². The van der Waals surface area contributed by atoms with Crippen molar-refractivity contribution in [2.75, 3.05) is 12.3 Å². The fraction of sp³-hybridized carbons (Fsp3) is 0.500. The summed E-state index contributed by atoms with van der Waals surface area (Å²) in [5.41, 5.74) is 4.44. The maximum Gasteiger partial charge on any atom is 0.492 e. The first kappa shape index (κ1) is 18.8. The number of nitrogen functional groups attached to an aromatic ring is 1. The Hall–Kier alpha value is -1.51. The van der Waals surface area contributed by atoms with Crippen molar-refractivity contribution in [1.29, 1.82) is 0 Å². The molecule has 24 heavy (non-hydrogen) atoms. The summed E-state index contributed by atoms with van der Waals surface area (Å²) < 4.78 is 49.8. The molecule has 1 aliphatic rings. The average Bonchev–Trinajstić information content (AvgIpc) is 2.64. The van der Waals surface area contributed by atoms with E-state index >= 15 is 0 Å². The number of halogens is 3. The molecule has 1 heterocycles. The van der Waals surface area contributed by atoms with Crippen LogP contribution in [0.3, 0.4) is 0 Å². The molecular weight excluding hydrogens is 322 g/mol. The lowest BCUT2D eigenvalue weighted by atomic mass is 9.77. The first-order valence-corrected chi connectivity index (χ1v) is 7.51. The lowest BCUT2D eigenvalue weighted by Gasteiger charge is -2.32. The molecule has 132 valence electrons. The van der Waals surface area contributed by atoms with Gasteiger partial charge < -0.3 is 20.1 Å². The minimum absolute atomic E-state index is 0.0349. The van der Waals surface area contributed by atoms with Crippen molar-refractivity contribution in [3.63, 3.8) is 0 Å².